The molecule has 0 saturated carbocycles. The minimum absolute atomic E-state index is 0.0764. The third kappa shape index (κ3) is 4.14. The molecule has 3 heterocycles. The van der Waals surface area contributed by atoms with Gasteiger partial charge in [-0.25, -0.2) is 4.98 Å². The number of thiazole rings is 1. The molecule has 3 aromatic rings. The number of carbonyl (C=O) groups excluding carboxylic acids is 2. The van der Waals surface area contributed by atoms with Crippen LogP contribution in [0.4, 0.5) is 5.69 Å². The minimum atomic E-state index is -0.0764. The molecular formula is C21H21N3O3S. The fourth-order valence-corrected chi connectivity index (χ4v) is 3.84. The van der Waals surface area contributed by atoms with Gasteiger partial charge in [0.2, 0.25) is 11.8 Å². The average Bonchev–Trinajstić information content (AvgIpc) is 3.42. The van der Waals surface area contributed by atoms with Crippen LogP contribution in [0.3, 0.4) is 0 Å². The molecule has 144 valence electrons. The molecule has 0 aliphatic carbocycles. The van der Waals surface area contributed by atoms with Crippen LogP contribution in [0.25, 0.3) is 11.5 Å². The summed E-state index contributed by atoms with van der Waals surface area (Å²) in [4.78, 5) is 30.2. The summed E-state index contributed by atoms with van der Waals surface area (Å²) in [5.41, 5.74) is 2.62. The third-order valence-electron chi connectivity index (χ3n) is 4.68. The normalized spacial score (nSPS) is 13.9. The lowest BCUT2D eigenvalue weighted by atomic mass is 10.1. The van der Waals surface area contributed by atoms with Crippen molar-refractivity contribution in [3.63, 3.8) is 0 Å². The maximum Gasteiger partial charge on any atom is 0.227 e. The number of benzene rings is 1. The van der Waals surface area contributed by atoms with Crippen LogP contribution in [-0.4, -0.2) is 23.3 Å². The monoisotopic (exact) mass is 395 g/mol. The van der Waals surface area contributed by atoms with Crippen molar-refractivity contribution in [2.45, 2.75) is 32.7 Å². The van der Waals surface area contributed by atoms with E-state index in [1.165, 1.54) is 0 Å². The summed E-state index contributed by atoms with van der Waals surface area (Å²) in [6.45, 7) is 3.06. The van der Waals surface area contributed by atoms with Crippen LogP contribution < -0.4 is 10.2 Å². The van der Waals surface area contributed by atoms with Gasteiger partial charge in [0.15, 0.2) is 5.76 Å². The van der Waals surface area contributed by atoms with E-state index in [-0.39, 0.29) is 18.2 Å². The lowest BCUT2D eigenvalue weighted by Crippen LogP contribution is -2.25. The van der Waals surface area contributed by atoms with Crippen molar-refractivity contribution < 1.29 is 14.0 Å². The molecule has 7 heteroatoms. The van der Waals surface area contributed by atoms with Crippen molar-refractivity contribution in [1.82, 2.24) is 10.3 Å². The molecule has 6 nitrogen and oxygen atoms in total. The van der Waals surface area contributed by atoms with E-state index in [2.05, 4.69) is 10.3 Å². The van der Waals surface area contributed by atoms with E-state index >= 15 is 0 Å². The predicted molar refractivity (Wildman–Crippen MR) is 108 cm³/mol. The molecule has 0 spiro atoms. The zero-order chi connectivity index (χ0) is 19.5. The van der Waals surface area contributed by atoms with Crippen molar-refractivity contribution in [3.05, 3.63) is 58.1 Å². The number of anilines is 1. The Morgan fingerprint density at radius 1 is 1.25 bits per heavy atom. The molecule has 2 aromatic heterocycles. The number of aryl methyl sites for hydroxylation is 1. The van der Waals surface area contributed by atoms with E-state index in [0.717, 1.165) is 34.9 Å². The summed E-state index contributed by atoms with van der Waals surface area (Å²) < 4.78 is 5.76. The third-order valence-corrected chi connectivity index (χ3v) is 5.45. The molecule has 2 amide bonds. The smallest absolute Gasteiger partial charge is 0.227 e. The van der Waals surface area contributed by atoms with Crippen molar-refractivity contribution >= 4 is 28.8 Å². The Bertz CT molecular complexity index is 991. The quantitative estimate of drug-likeness (QED) is 0.691. The Morgan fingerprint density at radius 2 is 2.07 bits per heavy atom. The van der Waals surface area contributed by atoms with E-state index < -0.39 is 0 Å². The molecule has 28 heavy (non-hydrogen) atoms. The van der Waals surface area contributed by atoms with Gasteiger partial charge in [0.25, 0.3) is 0 Å². The predicted octanol–water partition coefficient (Wildman–Crippen LogP) is 3.70. The second kappa shape index (κ2) is 7.98. The van der Waals surface area contributed by atoms with Crippen molar-refractivity contribution in [2.24, 2.45) is 0 Å². The summed E-state index contributed by atoms with van der Waals surface area (Å²) in [6, 6.07) is 11.3. The van der Waals surface area contributed by atoms with Crippen LogP contribution in [-0.2, 0) is 22.6 Å². The molecule has 1 fully saturated rings. The Balaban J connectivity index is 1.30. The van der Waals surface area contributed by atoms with E-state index in [4.69, 9.17) is 4.42 Å². The second-order valence-electron chi connectivity index (χ2n) is 6.79. The lowest BCUT2D eigenvalue weighted by molar-refractivity contribution is -0.120. The van der Waals surface area contributed by atoms with Crippen LogP contribution in [0, 0.1) is 6.92 Å². The van der Waals surface area contributed by atoms with Gasteiger partial charge in [-0.1, -0.05) is 12.1 Å². The fraction of sp³-hybridized carbons (Fsp3) is 0.286. The van der Waals surface area contributed by atoms with Crippen LogP contribution >= 0.6 is 11.3 Å². The highest BCUT2D eigenvalue weighted by Crippen LogP contribution is 2.24. The van der Waals surface area contributed by atoms with Gasteiger partial charge in [-0.3, -0.25) is 9.59 Å². The molecule has 0 unspecified atom stereocenters. The topological polar surface area (TPSA) is 75.4 Å². The summed E-state index contributed by atoms with van der Waals surface area (Å²) in [7, 11) is 0. The van der Waals surface area contributed by atoms with E-state index in [1.807, 2.05) is 48.7 Å². The van der Waals surface area contributed by atoms with E-state index in [0.29, 0.717) is 24.5 Å². The second-order valence-corrected chi connectivity index (χ2v) is 7.85. The number of aromatic nitrogens is 1. The summed E-state index contributed by atoms with van der Waals surface area (Å²) in [5.74, 6) is 1.49. The molecule has 1 saturated heterocycles. The van der Waals surface area contributed by atoms with Gasteiger partial charge in [-0.05, 0) is 43.2 Å². The number of furan rings is 1. The average molecular weight is 395 g/mol. The Hall–Kier alpha value is -2.93. The molecule has 0 atom stereocenters. The maximum atomic E-state index is 12.2. The molecule has 4 rings (SSSR count). The van der Waals surface area contributed by atoms with Crippen molar-refractivity contribution in [1.29, 1.82) is 0 Å². The number of carbonyl (C=O) groups is 2. The first-order chi connectivity index (χ1) is 13.6. The molecule has 1 aromatic carbocycles. The van der Waals surface area contributed by atoms with Crippen LogP contribution in [0.2, 0.25) is 0 Å². The first-order valence-corrected chi connectivity index (χ1v) is 10.1. The highest BCUT2D eigenvalue weighted by Gasteiger charge is 2.21. The molecular weight excluding hydrogens is 374 g/mol. The zero-order valence-corrected chi connectivity index (χ0v) is 16.4. The maximum absolute atomic E-state index is 12.2. The SMILES string of the molecule is Cc1nc(-c2ccc(CNC(=O)Cc3ccc(N4CCCC4=O)cc3)o2)cs1. The number of hydrogen-bond acceptors (Lipinski definition) is 5. The first kappa shape index (κ1) is 18.4. The molecule has 1 aliphatic heterocycles. The Kier molecular flexibility index (Phi) is 5.25. The summed E-state index contributed by atoms with van der Waals surface area (Å²) in [5, 5.41) is 5.82. The highest BCUT2D eigenvalue weighted by atomic mass is 32.1. The minimum Gasteiger partial charge on any atom is -0.458 e. The number of amides is 2. The largest absolute Gasteiger partial charge is 0.458 e. The van der Waals surface area contributed by atoms with Gasteiger partial charge in [0.1, 0.15) is 11.5 Å². The number of rotatable bonds is 6. The first-order valence-electron chi connectivity index (χ1n) is 9.26. The number of nitrogens with one attached hydrogen (secondary N) is 1. The van der Waals surface area contributed by atoms with E-state index in [9.17, 15) is 9.59 Å². The van der Waals surface area contributed by atoms with Gasteiger partial charge in [-0.2, -0.15) is 0 Å². The molecule has 0 bridgehead atoms. The van der Waals surface area contributed by atoms with Crippen LogP contribution in [0.15, 0.2) is 46.2 Å². The summed E-state index contributed by atoms with van der Waals surface area (Å²) >= 11 is 1.57. The fourth-order valence-electron chi connectivity index (χ4n) is 3.24. The van der Waals surface area contributed by atoms with Gasteiger partial charge >= 0.3 is 0 Å². The van der Waals surface area contributed by atoms with Crippen LogP contribution in [0.5, 0.6) is 0 Å². The van der Waals surface area contributed by atoms with Crippen molar-refractivity contribution in [2.75, 3.05) is 11.4 Å². The van der Waals surface area contributed by atoms with E-state index in [1.54, 1.807) is 16.2 Å². The molecule has 1 aliphatic rings. The molecule has 1 N–H and O–H groups in total. The van der Waals surface area contributed by atoms with Gasteiger partial charge < -0.3 is 14.6 Å². The summed E-state index contributed by atoms with van der Waals surface area (Å²) in [6.07, 6.45) is 1.80. The van der Waals surface area contributed by atoms with Gasteiger partial charge in [-0.15, -0.1) is 11.3 Å². The lowest BCUT2D eigenvalue weighted by Gasteiger charge is -2.15. The van der Waals surface area contributed by atoms with Crippen LogP contribution in [0.1, 0.15) is 29.2 Å². The number of nitrogens with zero attached hydrogens (tertiary/aromatic N) is 2. The molecule has 0 radical (unpaired) electrons. The Labute approximate surface area is 167 Å². The Morgan fingerprint density at radius 3 is 2.75 bits per heavy atom. The van der Waals surface area contributed by atoms with Crippen molar-refractivity contribution in [3.8, 4) is 11.5 Å². The van der Waals surface area contributed by atoms with Gasteiger partial charge in [0, 0.05) is 24.0 Å². The van der Waals surface area contributed by atoms with Gasteiger partial charge in [0.05, 0.1) is 18.0 Å². The zero-order valence-electron chi connectivity index (χ0n) is 15.6. The highest BCUT2D eigenvalue weighted by molar-refractivity contribution is 7.09. The standard InChI is InChI=1S/C21H21N3O3S/c1-14-23-18(13-28-14)19-9-8-17(27-19)12-22-20(25)11-15-4-6-16(7-5-15)24-10-2-3-21(24)26/h4-9,13H,2-3,10-12H2,1H3,(H,22,25). The number of hydrogen-bond donors (Lipinski definition) is 1.